The second-order valence-electron chi connectivity index (χ2n) is 8.11. The molecular formula is C23H22Cl2N2OS. The van der Waals surface area contributed by atoms with Crippen LogP contribution in [0.1, 0.15) is 29.8 Å². The molecule has 2 atom stereocenters. The standard InChI is InChI=1S/C23H22Cl2N2OS/c1-14-8-10-15(11-9-14)13-29-22-26-17-6-4-5-7-18(17)27(22)21(28)20-16(12-19(24)25)23(20,2)3/h4-12,16,20H,13H2,1-3H3/t16-,20+/m1/s1. The van der Waals surface area contributed by atoms with Crippen LogP contribution >= 0.6 is 35.0 Å². The lowest BCUT2D eigenvalue weighted by Gasteiger charge is -2.09. The number of imidazole rings is 1. The van der Waals surface area contributed by atoms with Crippen molar-refractivity contribution in [2.75, 3.05) is 0 Å². The predicted octanol–water partition coefficient (Wildman–Crippen LogP) is 6.87. The van der Waals surface area contributed by atoms with Gasteiger partial charge in [-0.2, -0.15) is 0 Å². The number of carbonyl (C=O) groups excluding carboxylic acids is 1. The van der Waals surface area contributed by atoms with E-state index in [2.05, 4.69) is 45.0 Å². The van der Waals surface area contributed by atoms with Crippen LogP contribution in [0.4, 0.5) is 0 Å². The van der Waals surface area contributed by atoms with Crippen molar-refractivity contribution in [3.8, 4) is 0 Å². The Hall–Kier alpha value is -1.75. The van der Waals surface area contributed by atoms with Crippen LogP contribution in [-0.2, 0) is 5.75 Å². The molecule has 6 heteroatoms. The number of aryl methyl sites for hydroxylation is 1. The molecule has 4 rings (SSSR count). The number of thioether (sulfide) groups is 1. The Morgan fingerprint density at radius 3 is 2.55 bits per heavy atom. The van der Waals surface area contributed by atoms with Crippen LogP contribution in [0.15, 0.2) is 64.3 Å². The van der Waals surface area contributed by atoms with Crippen molar-refractivity contribution in [3.05, 3.63) is 70.2 Å². The van der Waals surface area contributed by atoms with Crippen LogP contribution in [0, 0.1) is 24.2 Å². The van der Waals surface area contributed by atoms with Crippen LogP contribution in [0.5, 0.6) is 0 Å². The van der Waals surface area contributed by atoms with E-state index in [1.54, 1.807) is 22.4 Å². The first kappa shape index (κ1) is 20.5. The summed E-state index contributed by atoms with van der Waals surface area (Å²) in [4.78, 5) is 18.3. The second-order valence-corrected chi connectivity index (χ2v) is 10.1. The minimum atomic E-state index is -0.184. The van der Waals surface area contributed by atoms with Gasteiger partial charge in [0, 0.05) is 5.75 Å². The van der Waals surface area contributed by atoms with Gasteiger partial charge in [0.25, 0.3) is 0 Å². The van der Waals surface area contributed by atoms with E-state index in [1.807, 2.05) is 24.3 Å². The molecule has 3 aromatic rings. The van der Waals surface area contributed by atoms with Gasteiger partial charge in [-0.05, 0) is 42.0 Å². The first-order valence-electron chi connectivity index (χ1n) is 9.52. The third-order valence-corrected chi connectivity index (χ3v) is 6.98. The summed E-state index contributed by atoms with van der Waals surface area (Å²) in [6, 6.07) is 16.2. The Morgan fingerprint density at radius 1 is 1.17 bits per heavy atom. The Balaban J connectivity index is 1.68. The molecule has 2 aromatic carbocycles. The zero-order valence-electron chi connectivity index (χ0n) is 16.5. The fraction of sp³-hybridized carbons (Fsp3) is 0.304. The molecule has 1 aliphatic rings. The highest BCUT2D eigenvalue weighted by molar-refractivity contribution is 7.98. The van der Waals surface area contributed by atoms with E-state index in [0.717, 1.165) is 21.9 Å². The molecule has 0 saturated heterocycles. The van der Waals surface area contributed by atoms with E-state index in [0.29, 0.717) is 0 Å². The van der Waals surface area contributed by atoms with Gasteiger partial charge in [0.15, 0.2) is 5.16 Å². The first-order chi connectivity index (χ1) is 13.8. The number of rotatable bonds is 5. The molecule has 1 aliphatic carbocycles. The van der Waals surface area contributed by atoms with Crippen molar-refractivity contribution in [1.82, 2.24) is 9.55 Å². The van der Waals surface area contributed by atoms with Crippen molar-refractivity contribution >= 4 is 51.9 Å². The van der Waals surface area contributed by atoms with Gasteiger partial charge in [0.2, 0.25) is 5.91 Å². The van der Waals surface area contributed by atoms with Gasteiger partial charge in [-0.25, -0.2) is 4.98 Å². The van der Waals surface area contributed by atoms with Gasteiger partial charge < -0.3 is 0 Å². The lowest BCUT2D eigenvalue weighted by atomic mass is 10.1. The molecule has 3 nitrogen and oxygen atoms in total. The van der Waals surface area contributed by atoms with E-state index in [-0.39, 0.29) is 27.6 Å². The van der Waals surface area contributed by atoms with E-state index < -0.39 is 0 Å². The van der Waals surface area contributed by atoms with E-state index in [9.17, 15) is 4.79 Å². The summed E-state index contributed by atoms with van der Waals surface area (Å²) in [5.41, 5.74) is 3.91. The summed E-state index contributed by atoms with van der Waals surface area (Å²) in [5.74, 6) is 0.648. The van der Waals surface area contributed by atoms with Gasteiger partial charge >= 0.3 is 0 Å². The normalized spacial score (nSPS) is 19.9. The van der Waals surface area contributed by atoms with Crippen molar-refractivity contribution < 1.29 is 4.79 Å². The van der Waals surface area contributed by atoms with E-state index in [1.165, 1.54) is 11.1 Å². The molecular weight excluding hydrogens is 423 g/mol. The molecule has 1 heterocycles. The molecule has 0 bridgehead atoms. The van der Waals surface area contributed by atoms with Gasteiger partial charge in [-0.1, -0.05) is 90.8 Å². The summed E-state index contributed by atoms with van der Waals surface area (Å²) >= 11 is 13.3. The molecule has 0 amide bonds. The van der Waals surface area contributed by atoms with Crippen molar-refractivity contribution in [1.29, 1.82) is 0 Å². The SMILES string of the molecule is Cc1ccc(CSc2nc3ccccc3n2C(=O)[C@@H]2[C@@H](C=C(Cl)Cl)C2(C)C)cc1. The minimum absolute atomic E-state index is 0.0242. The average Bonchev–Trinajstić information content (AvgIpc) is 3.03. The molecule has 0 aliphatic heterocycles. The summed E-state index contributed by atoms with van der Waals surface area (Å²) < 4.78 is 1.99. The highest BCUT2D eigenvalue weighted by Crippen LogP contribution is 2.60. The van der Waals surface area contributed by atoms with Gasteiger partial charge in [-0.3, -0.25) is 9.36 Å². The number of hydrogen-bond donors (Lipinski definition) is 0. The van der Waals surface area contributed by atoms with Crippen LogP contribution in [0.2, 0.25) is 0 Å². The highest BCUT2D eigenvalue weighted by atomic mass is 35.5. The van der Waals surface area contributed by atoms with Crippen LogP contribution in [0.25, 0.3) is 11.0 Å². The van der Waals surface area contributed by atoms with Gasteiger partial charge in [0.05, 0.1) is 17.0 Å². The lowest BCUT2D eigenvalue weighted by molar-refractivity contribution is 0.0862. The monoisotopic (exact) mass is 444 g/mol. The van der Waals surface area contributed by atoms with Crippen molar-refractivity contribution in [2.45, 2.75) is 31.7 Å². The third-order valence-electron chi connectivity index (χ3n) is 5.72. The van der Waals surface area contributed by atoms with E-state index >= 15 is 0 Å². The fourth-order valence-electron chi connectivity index (χ4n) is 3.88. The first-order valence-corrected chi connectivity index (χ1v) is 11.3. The Labute approximate surface area is 185 Å². The smallest absolute Gasteiger partial charge is 0.237 e. The molecule has 0 unspecified atom stereocenters. The van der Waals surface area contributed by atoms with E-state index in [4.69, 9.17) is 28.2 Å². The lowest BCUT2D eigenvalue weighted by Crippen LogP contribution is -2.17. The molecule has 150 valence electrons. The summed E-state index contributed by atoms with van der Waals surface area (Å²) in [6.07, 6.45) is 1.78. The van der Waals surface area contributed by atoms with Gasteiger partial charge in [0.1, 0.15) is 4.49 Å². The molecule has 1 fully saturated rings. The third kappa shape index (κ3) is 3.98. The number of carbonyl (C=O) groups is 1. The zero-order chi connectivity index (χ0) is 20.8. The predicted molar refractivity (Wildman–Crippen MR) is 122 cm³/mol. The maximum atomic E-state index is 13.6. The topological polar surface area (TPSA) is 34.9 Å². The zero-order valence-corrected chi connectivity index (χ0v) is 18.9. The summed E-state index contributed by atoms with van der Waals surface area (Å²) in [6.45, 7) is 6.22. The quantitative estimate of drug-likeness (QED) is 0.402. The number of hydrogen-bond acceptors (Lipinski definition) is 3. The maximum Gasteiger partial charge on any atom is 0.237 e. The van der Waals surface area contributed by atoms with Crippen LogP contribution in [0.3, 0.4) is 0 Å². The van der Waals surface area contributed by atoms with Crippen LogP contribution < -0.4 is 0 Å². The molecule has 1 aromatic heterocycles. The van der Waals surface area contributed by atoms with Crippen LogP contribution in [-0.4, -0.2) is 15.5 Å². The summed E-state index contributed by atoms with van der Waals surface area (Å²) in [7, 11) is 0. The number of allylic oxidation sites excluding steroid dienone is 1. The Bertz CT molecular complexity index is 1100. The Kier molecular flexibility index (Phi) is 5.54. The van der Waals surface area contributed by atoms with Crippen molar-refractivity contribution in [3.63, 3.8) is 0 Å². The second kappa shape index (κ2) is 7.82. The highest BCUT2D eigenvalue weighted by Gasteiger charge is 2.61. The number of benzene rings is 2. The molecule has 29 heavy (non-hydrogen) atoms. The molecule has 0 N–H and O–H groups in total. The van der Waals surface area contributed by atoms with Gasteiger partial charge in [-0.15, -0.1) is 0 Å². The average molecular weight is 445 g/mol. The number of para-hydroxylation sites is 2. The number of halogens is 2. The number of aromatic nitrogens is 2. The molecule has 0 spiro atoms. The van der Waals surface area contributed by atoms with Crippen molar-refractivity contribution in [2.24, 2.45) is 17.3 Å². The number of nitrogens with zero attached hydrogens (tertiary/aromatic N) is 2. The summed E-state index contributed by atoms with van der Waals surface area (Å²) in [5, 5.41) is 0.721. The minimum Gasteiger partial charge on any atom is -0.274 e. The molecule has 0 radical (unpaired) electrons. The molecule has 1 saturated carbocycles. The fourth-order valence-corrected chi connectivity index (χ4v) is 5.12. The maximum absolute atomic E-state index is 13.6. The Morgan fingerprint density at radius 2 is 1.86 bits per heavy atom. The number of fused-ring (bicyclic) bond motifs is 1. The largest absolute Gasteiger partial charge is 0.274 e.